The zero-order valence-corrected chi connectivity index (χ0v) is 10.5. The van der Waals surface area contributed by atoms with Crippen molar-refractivity contribution in [3.05, 3.63) is 16.1 Å². The lowest BCUT2D eigenvalue weighted by atomic mass is 9.95. The summed E-state index contributed by atoms with van der Waals surface area (Å²) in [7, 11) is 2.19. The van der Waals surface area contributed by atoms with Crippen LogP contribution in [-0.2, 0) is 17.6 Å². The van der Waals surface area contributed by atoms with Crippen molar-refractivity contribution >= 4 is 17.6 Å². The van der Waals surface area contributed by atoms with Crippen molar-refractivity contribution in [3.63, 3.8) is 0 Å². The van der Waals surface area contributed by atoms with Crippen molar-refractivity contribution in [2.24, 2.45) is 5.92 Å². The van der Waals surface area contributed by atoms with E-state index in [0.717, 1.165) is 24.3 Å². The first-order valence-electron chi connectivity index (χ1n) is 5.83. The molecule has 1 unspecified atom stereocenters. The number of carbonyl (C=O) groups excluding carboxylic acids is 1. The van der Waals surface area contributed by atoms with Gasteiger partial charge in [0.1, 0.15) is 6.29 Å². The number of aromatic nitrogens is 1. The van der Waals surface area contributed by atoms with Crippen LogP contribution in [0, 0.1) is 5.92 Å². The summed E-state index contributed by atoms with van der Waals surface area (Å²) in [6.07, 6.45) is 5.07. The Kier molecular flexibility index (Phi) is 4.07. The van der Waals surface area contributed by atoms with Gasteiger partial charge in [0.05, 0.1) is 10.7 Å². The zero-order valence-electron chi connectivity index (χ0n) is 9.69. The topological polar surface area (TPSA) is 33.2 Å². The Morgan fingerprint density at radius 2 is 2.56 bits per heavy atom. The van der Waals surface area contributed by atoms with Crippen LogP contribution < -0.4 is 0 Å². The molecule has 0 amide bonds. The van der Waals surface area contributed by atoms with E-state index in [2.05, 4.69) is 16.9 Å². The molecule has 3 nitrogen and oxygen atoms in total. The van der Waals surface area contributed by atoms with Crippen LogP contribution in [0.1, 0.15) is 23.5 Å². The SMILES string of the molecule is CN1CCCC(Cc2nc(CC=O)cs2)C1. The van der Waals surface area contributed by atoms with Crippen LogP contribution in [0.5, 0.6) is 0 Å². The number of aldehydes is 1. The van der Waals surface area contributed by atoms with E-state index in [4.69, 9.17) is 0 Å². The molecule has 0 radical (unpaired) electrons. The average molecular weight is 238 g/mol. The number of likely N-dealkylation sites (tertiary alicyclic amines) is 1. The van der Waals surface area contributed by atoms with Crippen LogP contribution in [0.4, 0.5) is 0 Å². The van der Waals surface area contributed by atoms with Crippen molar-refractivity contribution in [3.8, 4) is 0 Å². The Morgan fingerprint density at radius 3 is 3.31 bits per heavy atom. The molecule has 1 saturated heterocycles. The van der Waals surface area contributed by atoms with Gasteiger partial charge in [-0.25, -0.2) is 4.98 Å². The maximum absolute atomic E-state index is 10.4. The molecular formula is C12H18N2OS. The molecule has 0 bridgehead atoms. The van der Waals surface area contributed by atoms with Crippen LogP contribution in [-0.4, -0.2) is 36.3 Å². The van der Waals surface area contributed by atoms with Gasteiger partial charge < -0.3 is 9.69 Å². The lowest BCUT2D eigenvalue weighted by Crippen LogP contribution is -2.32. The zero-order chi connectivity index (χ0) is 11.4. The first-order valence-corrected chi connectivity index (χ1v) is 6.71. The fourth-order valence-electron chi connectivity index (χ4n) is 2.31. The summed E-state index contributed by atoms with van der Waals surface area (Å²) in [6.45, 7) is 2.41. The van der Waals surface area contributed by atoms with Gasteiger partial charge in [-0.05, 0) is 32.4 Å². The summed E-state index contributed by atoms with van der Waals surface area (Å²) >= 11 is 1.70. The first kappa shape index (κ1) is 11.7. The molecule has 16 heavy (non-hydrogen) atoms. The normalized spacial score (nSPS) is 22.2. The molecule has 1 atom stereocenters. The third kappa shape index (κ3) is 3.12. The first-order chi connectivity index (χ1) is 7.78. The van der Waals surface area contributed by atoms with Gasteiger partial charge >= 0.3 is 0 Å². The number of nitrogens with zero attached hydrogens (tertiary/aromatic N) is 2. The second-order valence-electron chi connectivity index (χ2n) is 4.58. The second kappa shape index (κ2) is 5.55. The minimum atomic E-state index is 0.459. The Bertz CT molecular complexity index is 351. The van der Waals surface area contributed by atoms with Crippen LogP contribution in [0.3, 0.4) is 0 Å². The molecule has 1 fully saturated rings. The third-order valence-electron chi connectivity index (χ3n) is 3.08. The lowest BCUT2D eigenvalue weighted by molar-refractivity contribution is -0.107. The average Bonchev–Trinajstić information content (AvgIpc) is 2.66. The number of rotatable bonds is 4. The molecule has 1 aliphatic rings. The number of hydrogen-bond acceptors (Lipinski definition) is 4. The molecule has 88 valence electrons. The minimum absolute atomic E-state index is 0.459. The van der Waals surface area contributed by atoms with Gasteiger partial charge in [0.2, 0.25) is 0 Å². The molecule has 0 N–H and O–H groups in total. The van der Waals surface area contributed by atoms with Crippen LogP contribution in [0.2, 0.25) is 0 Å². The maximum atomic E-state index is 10.4. The molecule has 0 aliphatic carbocycles. The standard InChI is InChI=1S/C12H18N2OS/c1-14-5-2-3-10(8-14)7-12-13-11(4-6-15)9-16-12/h6,9-10H,2-5,7-8H2,1H3. The van der Waals surface area contributed by atoms with E-state index in [1.165, 1.54) is 30.9 Å². The molecule has 0 spiro atoms. The highest BCUT2D eigenvalue weighted by Crippen LogP contribution is 2.21. The van der Waals surface area contributed by atoms with Gasteiger partial charge in [0, 0.05) is 24.8 Å². The predicted octanol–water partition coefficient (Wildman–Crippen LogP) is 1.77. The molecule has 1 aromatic rings. The highest BCUT2D eigenvalue weighted by molar-refractivity contribution is 7.09. The molecule has 4 heteroatoms. The molecule has 0 aromatic carbocycles. The molecule has 2 rings (SSSR count). The number of carbonyl (C=O) groups is 1. The summed E-state index contributed by atoms with van der Waals surface area (Å²) in [5, 5.41) is 3.20. The van der Waals surface area contributed by atoms with Crippen LogP contribution >= 0.6 is 11.3 Å². The van der Waals surface area contributed by atoms with Gasteiger partial charge in [0.15, 0.2) is 0 Å². The highest BCUT2D eigenvalue weighted by atomic mass is 32.1. The Labute approximate surface area is 100 Å². The van der Waals surface area contributed by atoms with Crippen molar-refractivity contribution < 1.29 is 4.79 Å². The molecule has 0 saturated carbocycles. The fourth-order valence-corrected chi connectivity index (χ4v) is 3.23. The van der Waals surface area contributed by atoms with Crippen molar-refractivity contribution in [2.45, 2.75) is 25.7 Å². The number of hydrogen-bond donors (Lipinski definition) is 0. The number of piperidine rings is 1. The smallest absolute Gasteiger partial charge is 0.125 e. The maximum Gasteiger partial charge on any atom is 0.125 e. The quantitative estimate of drug-likeness (QED) is 0.750. The Hall–Kier alpha value is -0.740. The summed E-state index contributed by atoms with van der Waals surface area (Å²) in [5.74, 6) is 0.744. The monoisotopic (exact) mass is 238 g/mol. The minimum Gasteiger partial charge on any atom is -0.306 e. The summed E-state index contributed by atoms with van der Waals surface area (Å²) in [4.78, 5) is 17.3. The summed E-state index contributed by atoms with van der Waals surface area (Å²) < 4.78 is 0. The van der Waals surface area contributed by atoms with Gasteiger partial charge in [-0.15, -0.1) is 11.3 Å². The Balaban J connectivity index is 1.89. The van der Waals surface area contributed by atoms with Gasteiger partial charge in [0.25, 0.3) is 0 Å². The van der Waals surface area contributed by atoms with E-state index in [9.17, 15) is 4.79 Å². The third-order valence-corrected chi connectivity index (χ3v) is 4.00. The van der Waals surface area contributed by atoms with Gasteiger partial charge in [-0.2, -0.15) is 0 Å². The molecule has 1 aromatic heterocycles. The Morgan fingerprint density at radius 1 is 1.69 bits per heavy atom. The van der Waals surface area contributed by atoms with E-state index < -0.39 is 0 Å². The second-order valence-corrected chi connectivity index (χ2v) is 5.52. The van der Waals surface area contributed by atoms with Crippen LogP contribution in [0.15, 0.2) is 5.38 Å². The van der Waals surface area contributed by atoms with Crippen molar-refractivity contribution in [2.75, 3.05) is 20.1 Å². The predicted molar refractivity (Wildman–Crippen MR) is 65.8 cm³/mol. The van der Waals surface area contributed by atoms with E-state index in [1.807, 2.05) is 5.38 Å². The highest BCUT2D eigenvalue weighted by Gasteiger charge is 2.18. The largest absolute Gasteiger partial charge is 0.306 e. The van der Waals surface area contributed by atoms with E-state index >= 15 is 0 Å². The van der Waals surface area contributed by atoms with E-state index in [-0.39, 0.29) is 0 Å². The van der Waals surface area contributed by atoms with Crippen molar-refractivity contribution in [1.82, 2.24) is 9.88 Å². The van der Waals surface area contributed by atoms with E-state index in [0.29, 0.717) is 6.42 Å². The molecule has 1 aliphatic heterocycles. The summed E-state index contributed by atoms with van der Waals surface area (Å²) in [5.41, 5.74) is 0.930. The number of thiazole rings is 1. The van der Waals surface area contributed by atoms with Crippen molar-refractivity contribution in [1.29, 1.82) is 0 Å². The van der Waals surface area contributed by atoms with E-state index in [1.54, 1.807) is 11.3 Å². The van der Waals surface area contributed by atoms with Gasteiger partial charge in [-0.1, -0.05) is 0 Å². The van der Waals surface area contributed by atoms with Gasteiger partial charge in [-0.3, -0.25) is 0 Å². The summed E-state index contributed by atoms with van der Waals surface area (Å²) in [6, 6.07) is 0. The molecule has 2 heterocycles. The van der Waals surface area contributed by atoms with Crippen LogP contribution in [0.25, 0.3) is 0 Å². The fraction of sp³-hybridized carbons (Fsp3) is 0.667. The lowest BCUT2D eigenvalue weighted by Gasteiger charge is -2.29. The molecular weight excluding hydrogens is 220 g/mol.